The highest BCUT2D eigenvalue weighted by Gasteiger charge is 2.24. The number of hydrogen-bond acceptors (Lipinski definition) is 3. The molecule has 0 radical (unpaired) electrons. The van der Waals surface area contributed by atoms with E-state index in [1.54, 1.807) is 30.3 Å². The second kappa shape index (κ2) is 6.05. The van der Waals surface area contributed by atoms with Crippen LogP contribution in [-0.4, -0.2) is 37.0 Å². The van der Waals surface area contributed by atoms with Gasteiger partial charge in [0.25, 0.3) is 0 Å². The minimum absolute atomic E-state index is 0.370. The van der Waals surface area contributed by atoms with Gasteiger partial charge >= 0.3 is 0 Å². The lowest BCUT2D eigenvalue weighted by molar-refractivity contribution is 0.113. The zero-order valence-electron chi connectivity index (χ0n) is 10.4. The van der Waals surface area contributed by atoms with Crippen LogP contribution in [0.25, 0.3) is 6.08 Å². The average Bonchev–Trinajstić information content (AvgIpc) is 2.39. The first-order chi connectivity index (χ1) is 8.97. The summed E-state index contributed by atoms with van der Waals surface area (Å²) in [4.78, 5) is 0. The van der Waals surface area contributed by atoms with E-state index in [1.807, 2.05) is 0 Å². The Labute approximate surface area is 118 Å². The van der Waals surface area contributed by atoms with Gasteiger partial charge in [0.2, 0.25) is 10.0 Å². The predicted molar refractivity (Wildman–Crippen MR) is 76.2 cm³/mol. The van der Waals surface area contributed by atoms with E-state index in [2.05, 4.69) is 0 Å². The Morgan fingerprint density at radius 3 is 2.37 bits per heavy atom. The van der Waals surface area contributed by atoms with E-state index in [0.717, 1.165) is 5.56 Å². The van der Waals surface area contributed by atoms with Gasteiger partial charge in [0.15, 0.2) is 0 Å². The molecule has 0 aliphatic carbocycles. The highest BCUT2D eigenvalue weighted by molar-refractivity contribution is 7.92. The van der Waals surface area contributed by atoms with Crippen molar-refractivity contribution in [2.75, 3.05) is 13.1 Å². The van der Waals surface area contributed by atoms with Crippen LogP contribution in [0.4, 0.5) is 0 Å². The molecule has 0 spiro atoms. The molecule has 1 aliphatic heterocycles. The summed E-state index contributed by atoms with van der Waals surface area (Å²) in [7, 11) is -3.41. The zero-order valence-corrected chi connectivity index (χ0v) is 11.9. The van der Waals surface area contributed by atoms with E-state index in [0.29, 0.717) is 31.0 Å². The number of aliphatic hydroxyl groups excluding tert-OH is 1. The number of nitrogens with zero attached hydrogens (tertiary/aromatic N) is 1. The zero-order chi connectivity index (χ0) is 13.9. The Morgan fingerprint density at radius 1 is 1.21 bits per heavy atom. The van der Waals surface area contributed by atoms with Crippen LogP contribution in [0.2, 0.25) is 5.02 Å². The van der Waals surface area contributed by atoms with Gasteiger partial charge in [-0.2, -0.15) is 4.31 Å². The summed E-state index contributed by atoms with van der Waals surface area (Å²) in [6.45, 7) is 0.739. The van der Waals surface area contributed by atoms with E-state index in [1.165, 1.54) is 9.71 Å². The van der Waals surface area contributed by atoms with Crippen molar-refractivity contribution < 1.29 is 13.5 Å². The standard InChI is InChI=1S/C13H16ClNO3S/c14-12-3-1-11(2-4-12)7-10-19(17,18)15-8-5-13(16)6-9-15/h1-4,7,10,13,16H,5-6,8-9H2/b10-7+. The molecule has 0 atom stereocenters. The third-order valence-electron chi connectivity index (χ3n) is 3.09. The number of aliphatic hydroxyl groups is 1. The molecular weight excluding hydrogens is 286 g/mol. The lowest BCUT2D eigenvalue weighted by Crippen LogP contribution is -2.38. The Kier molecular flexibility index (Phi) is 4.62. The summed E-state index contributed by atoms with van der Waals surface area (Å²) in [5.74, 6) is 0. The summed E-state index contributed by atoms with van der Waals surface area (Å²) in [5, 5.41) is 11.2. The van der Waals surface area contributed by atoms with Gasteiger partial charge < -0.3 is 5.11 Å². The predicted octanol–water partition coefficient (Wildman–Crippen LogP) is 2.10. The number of piperidine rings is 1. The van der Waals surface area contributed by atoms with Crippen LogP contribution in [0.15, 0.2) is 29.7 Å². The third-order valence-corrected chi connectivity index (χ3v) is 4.90. The second-order valence-corrected chi connectivity index (χ2v) is 6.78. The number of hydrogen-bond donors (Lipinski definition) is 1. The Balaban J connectivity index is 2.06. The van der Waals surface area contributed by atoms with Gasteiger partial charge in [-0.05, 0) is 36.6 Å². The molecule has 0 saturated carbocycles. The summed E-state index contributed by atoms with van der Waals surface area (Å²) in [6.07, 6.45) is 2.16. The van der Waals surface area contributed by atoms with Crippen molar-refractivity contribution in [3.05, 3.63) is 40.3 Å². The highest BCUT2D eigenvalue weighted by atomic mass is 35.5. The molecule has 4 nitrogen and oxygen atoms in total. The first-order valence-electron chi connectivity index (χ1n) is 6.09. The second-order valence-electron chi connectivity index (χ2n) is 4.53. The quantitative estimate of drug-likeness (QED) is 0.930. The van der Waals surface area contributed by atoms with Gasteiger partial charge in [0, 0.05) is 23.5 Å². The lowest BCUT2D eigenvalue weighted by atomic mass is 10.1. The molecule has 19 heavy (non-hydrogen) atoms. The number of halogens is 1. The molecule has 0 bridgehead atoms. The van der Waals surface area contributed by atoms with Gasteiger partial charge in [-0.15, -0.1) is 0 Å². The van der Waals surface area contributed by atoms with Gasteiger partial charge in [-0.25, -0.2) is 8.42 Å². The van der Waals surface area contributed by atoms with Crippen molar-refractivity contribution in [2.24, 2.45) is 0 Å². The average molecular weight is 302 g/mol. The van der Waals surface area contributed by atoms with Crippen molar-refractivity contribution in [1.29, 1.82) is 0 Å². The first kappa shape index (κ1) is 14.5. The van der Waals surface area contributed by atoms with E-state index in [9.17, 15) is 13.5 Å². The SMILES string of the molecule is O=S(=O)(/C=C/c1ccc(Cl)cc1)N1CCC(O)CC1. The van der Waals surface area contributed by atoms with Gasteiger partial charge in [0.05, 0.1) is 6.10 Å². The summed E-state index contributed by atoms with van der Waals surface area (Å²) in [6, 6.07) is 6.94. The molecule has 1 saturated heterocycles. The normalized spacial score (nSPS) is 19.1. The minimum atomic E-state index is -3.41. The maximum absolute atomic E-state index is 12.1. The lowest BCUT2D eigenvalue weighted by Gasteiger charge is -2.27. The highest BCUT2D eigenvalue weighted by Crippen LogP contribution is 2.16. The number of benzene rings is 1. The van der Waals surface area contributed by atoms with Gasteiger partial charge in [-0.3, -0.25) is 0 Å². The molecule has 6 heteroatoms. The molecule has 0 amide bonds. The summed E-state index contributed by atoms with van der Waals surface area (Å²) in [5.41, 5.74) is 0.782. The van der Waals surface area contributed by atoms with E-state index < -0.39 is 10.0 Å². The molecule has 1 heterocycles. The fraction of sp³-hybridized carbons (Fsp3) is 0.385. The first-order valence-corrected chi connectivity index (χ1v) is 7.97. The van der Waals surface area contributed by atoms with E-state index in [-0.39, 0.29) is 6.10 Å². The molecule has 104 valence electrons. The van der Waals surface area contributed by atoms with Crippen LogP contribution in [0.3, 0.4) is 0 Å². The molecule has 1 aromatic rings. The summed E-state index contributed by atoms with van der Waals surface area (Å²) < 4.78 is 25.5. The number of sulfonamides is 1. The van der Waals surface area contributed by atoms with E-state index >= 15 is 0 Å². The Bertz CT molecular complexity index is 546. The van der Waals surface area contributed by atoms with Crippen molar-refractivity contribution in [3.8, 4) is 0 Å². The maximum atomic E-state index is 12.1. The maximum Gasteiger partial charge on any atom is 0.236 e. The van der Waals surface area contributed by atoms with Crippen molar-refractivity contribution in [2.45, 2.75) is 18.9 Å². The van der Waals surface area contributed by atoms with Crippen LogP contribution in [0, 0.1) is 0 Å². The minimum Gasteiger partial charge on any atom is -0.393 e. The smallest absolute Gasteiger partial charge is 0.236 e. The summed E-state index contributed by atoms with van der Waals surface area (Å²) >= 11 is 5.76. The monoisotopic (exact) mass is 301 g/mol. The van der Waals surface area contributed by atoms with Crippen LogP contribution in [0.5, 0.6) is 0 Å². The Hall–Kier alpha value is -0.880. The third kappa shape index (κ3) is 4.04. The van der Waals surface area contributed by atoms with Crippen LogP contribution < -0.4 is 0 Å². The largest absolute Gasteiger partial charge is 0.393 e. The molecule has 1 fully saturated rings. The molecule has 0 unspecified atom stereocenters. The molecule has 1 aromatic carbocycles. The van der Waals surface area contributed by atoms with Gasteiger partial charge in [-0.1, -0.05) is 23.7 Å². The fourth-order valence-electron chi connectivity index (χ4n) is 1.92. The molecule has 1 N–H and O–H groups in total. The molecule has 0 aromatic heterocycles. The van der Waals surface area contributed by atoms with Crippen LogP contribution >= 0.6 is 11.6 Å². The molecule has 1 aliphatic rings. The van der Waals surface area contributed by atoms with Crippen molar-refractivity contribution in [1.82, 2.24) is 4.31 Å². The Morgan fingerprint density at radius 2 is 1.79 bits per heavy atom. The topological polar surface area (TPSA) is 57.6 Å². The van der Waals surface area contributed by atoms with Crippen LogP contribution in [-0.2, 0) is 10.0 Å². The number of rotatable bonds is 3. The molecule has 2 rings (SSSR count). The van der Waals surface area contributed by atoms with Crippen LogP contribution in [0.1, 0.15) is 18.4 Å². The van der Waals surface area contributed by atoms with E-state index in [4.69, 9.17) is 11.6 Å². The molecular formula is C13H16ClNO3S. The fourth-order valence-corrected chi connectivity index (χ4v) is 3.27. The van der Waals surface area contributed by atoms with Gasteiger partial charge in [0.1, 0.15) is 0 Å². The van der Waals surface area contributed by atoms with Crippen molar-refractivity contribution >= 4 is 27.7 Å². The van der Waals surface area contributed by atoms with Crippen molar-refractivity contribution in [3.63, 3.8) is 0 Å².